The van der Waals surface area contributed by atoms with Gasteiger partial charge in [-0.3, -0.25) is 4.79 Å². The number of nitrogens with zero attached hydrogens (tertiary/aromatic N) is 2. The third kappa shape index (κ3) is 4.62. The molecule has 1 fully saturated rings. The zero-order valence-electron chi connectivity index (χ0n) is 14.8. The van der Waals surface area contributed by atoms with Crippen molar-refractivity contribution in [1.82, 2.24) is 9.21 Å². The summed E-state index contributed by atoms with van der Waals surface area (Å²) >= 11 is 3.10. The molecule has 11 heteroatoms. The van der Waals surface area contributed by atoms with E-state index in [9.17, 15) is 30.8 Å². The molecule has 0 atom stereocenters. The van der Waals surface area contributed by atoms with Crippen LogP contribution in [0.1, 0.15) is 15.9 Å². The number of sulfonamides is 1. The fourth-order valence-electron chi connectivity index (χ4n) is 2.95. The molecule has 2 aromatic carbocycles. The summed E-state index contributed by atoms with van der Waals surface area (Å²) in [6.07, 6.45) is -4.66. The maximum absolute atomic E-state index is 14.0. The van der Waals surface area contributed by atoms with Crippen LogP contribution in [0.5, 0.6) is 0 Å². The van der Waals surface area contributed by atoms with E-state index < -0.39 is 38.4 Å². The molecule has 0 unspecified atom stereocenters. The summed E-state index contributed by atoms with van der Waals surface area (Å²) < 4.78 is 79.5. The van der Waals surface area contributed by atoms with Gasteiger partial charge < -0.3 is 4.90 Å². The van der Waals surface area contributed by atoms with Crippen molar-refractivity contribution in [3.8, 4) is 0 Å². The molecule has 1 amide bonds. The molecule has 1 saturated heterocycles. The van der Waals surface area contributed by atoms with Gasteiger partial charge in [0.05, 0.1) is 16.0 Å². The number of hydrogen-bond acceptors (Lipinski definition) is 3. The van der Waals surface area contributed by atoms with E-state index in [-0.39, 0.29) is 31.7 Å². The lowest BCUT2D eigenvalue weighted by molar-refractivity contribution is -0.137. The summed E-state index contributed by atoms with van der Waals surface area (Å²) in [4.78, 5) is 13.3. The van der Waals surface area contributed by atoms with E-state index in [4.69, 9.17) is 0 Å². The van der Waals surface area contributed by atoms with Gasteiger partial charge >= 0.3 is 6.18 Å². The monoisotopic (exact) mass is 494 g/mol. The molecule has 0 spiro atoms. The number of rotatable bonds is 3. The molecule has 0 saturated carbocycles. The molecule has 5 nitrogen and oxygen atoms in total. The quantitative estimate of drug-likeness (QED) is 0.610. The molecule has 0 aliphatic carbocycles. The first-order valence-corrected chi connectivity index (χ1v) is 10.7. The van der Waals surface area contributed by atoms with Crippen molar-refractivity contribution in [3.63, 3.8) is 0 Å². The highest BCUT2D eigenvalue weighted by Gasteiger charge is 2.34. The molecule has 1 aliphatic rings. The Balaban J connectivity index is 1.74. The van der Waals surface area contributed by atoms with Crippen LogP contribution in [0.25, 0.3) is 0 Å². The van der Waals surface area contributed by atoms with Crippen molar-refractivity contribution in [1.29, 1.82) is 0 Å². The Morgan fingerprint density at radius 2 is 1.66 bits per heavy atom. The van der Waals surface area contributed by atoms with Gasteiger partial charge in [-0.2, -0.15) is 17.5 Å². The molecular weight excluding hydrogens is 480 g/mol. The lowest BCUT2D eigenvalue weighted by atomic mass is 10.1. The van der Waals surface area contributed by atoms with Crippen LogP contribution in [0.3, 0.4) is 0 Å². The lowest BCUT2D eigenvalue weighted by Crippen LogP contribution is -2.50. The van der Waals surface area contributed by atoms with Gasteiger partial charge in [0.15, 0.2) is 0 Å². The van der Waals surface area contributed by atoms with E-state index in [1.807, 2.05) is 0 Å². The zero-order valence-corrected chi connectivity index (χ0v) is 17.2. The van der Waals surface area contributed by atoms with Crippen molar-refractivity contribution in [2.45, 2.75) is 11.1 Å². The van der Waals surface area contributed by atoms with Crippen molar-refractivity contribution in [3.05, 3.63) is 63.9 Å². The van der Waals surface area contributed by atoms with Gasteiger partial charge in [0.25, 0.3) is 5.91 Å². The number of hydrogen-bond donors (Lipinski definition) is 0. The number of piperazine rings is 1. The van der Waals surface area contributed by atoms with Crippen molar-refractivity contribution < 1.29 is 30.8 Å². The standard InChI is InChI=1S/C18H15BrF4N2O3S/c19-13-4-5-15(16(20)11-13)17(26)24-6-8-25(9-7-24)29(27,28)14-3-1-2-12(10-14)18(21,22)23/h1-5,10-11H,6-9H2. The van der Waals surface area contributed by atoms with Crippen LogP contribution in [0.15, 0.2) is 51.8 Å². The fourth-order valence-corrected chi connectivity index (χ4v) is 4.75. The second-order valence-electron chi connectivity index (χ2n) is 6.35. The first-order valence-electron chi connectivity index (χ1n) is 8.42. The predicted molar refractivity (Wildman–Crippen MR) is 100 cm³/mol. The van der Waals surface area contributed by atoms with Crippen LogP contribution >= 0.6 is 15.9 Å². The highest BCUT2D eigenvalue weighted by Crippen LogP contribution is 2.31. The SMILES string of the molecule is O=C(c1ccc(Br)cc1F)N1CCN(S(=O)(=O)c2cccc(C(F)(F)F)c2)CC1. The minimum atomic E-state index is -4.66. The highest BCUT2D eigenvalue weighted by atomic mass is 79.9. The van der Waals surface area contributed by atoms with Gasteiger partial charge in [-0.05, 0) is 36.4 Å². The Labute approximate surface area is 173 Å². The molecule has 0 N–H and O–H groups in total. The summed E-state index contributed by atoms with van der Waals surface area (Å²) in [5.41, 5.74) is -1.19. The third-order valence-corrected chi connectivity index (χ3v) is 6.87. The van der Waals surface area contributed by atoms with E-state index in [2.05, 4.69) is 15.9 Å². The maximum Gasteiger partial charge on any atom is 0.416 e. The van der Waals surface area contributed by atoms with Crippen molar-refractivity contribution >= 4 is 31.9 Å². The Morgan fingerprint density at radius 1 is 1.00 bits per heavy atom. The van der Waals surface area contributed by atoms with E-state index in [0.717, 1.165) is 28.6 Å². The van der Waals surface area contributed by atoms with E-state index in [1.54, 1.807) is 0 Å². The Morgan fingerprint density at radius 3 is 2.24 bits per heavy atom. The van der Waals surface area contributed by atoms with Gasteiger partial charge in [-0.1, -0.05) is 22.0 Å². The van der Waals surface area contributed by atoms with Gasteiger partial charge in [0.1, 0.15) is 5.82 Å². The van der Waals surface area contributed by atoms with Crippen LogP contribution in [-0.4, -0.2) is 49.7 Å². The van der Waals surface area contributed by atoms with Crippen LogP contribution in [0, 0.1) is 5.82 Å². The highest BCUT2D eigenvalue weighted by molar-refractivity contribution is 9.10. The van der Waals surface area contributed by atoms with E-state index in [0.29, 0.717) is 10.5 Å². The summed E-state index contributed by atoms with van der Waals surface area (Å²) in [5.74, 6) is -1.28. The number of carbonyl (C=O) groups is 1. The smallest absolute Gasteiger partial charge is 0.336 e. The van der Waals surface area contributed by atoms with Crippen molar-refractivity contribution in [2.24, 2.45) is 0 Å². The molecule has 0 radical (unpaired) electrons. The molecular formula is C18H15BrF4N2O3S. The molecule has 1 heterocycles. The Hall–Kier alpha value is -1.98. The topological polar surface area (TPSA) is 57.7 Å². The minimum Gasteiger partial charge on any atom is -0.336 e. The van der Waals surface area contributed by atoms with Crippen LogP contribution in [-0.2, 0) is 16.2 Å². The average molecular weight is 495 g/mol. The fraction of sp³-hybridized carbons (Fsp3) is 0.278. The Kier molecular flexibility index (Phi) is 6.02. The van der Waals surface area contributed by atoms with Crippen LogP contribution in [0.2, 0.25) is 0 Å². The normalized spacial score (nSPS) is 16.1. The molecule has 0 aromatic heterocycles. The number of halogens is 5. The van der Waals surface area contributed by atoms with Gasteiger partial charge in [-0.25, -0.2) is 12.8 Å². The number of carbonyl (C=O) groups excluding carboxylic acids is 1. The third-order valence-electron chi connectivity index (χ3n) is 4.49. The minimum absolute atomic E-state index is 0.00741. The first kappa shape index (κ1) is 21.7. The molecule has 0 bridgehead atoms. The number of amides is 1. The van der Waals surface area contributed by atoms with Crippen molar-refractivity contribution in [2.75, 3.05) is 26.2 Å². The second-order valence-corrected chi connectivity index (χ2v) is 9.20. The summed E-state index contributed by atoms with van der Waals surface area (Å²) in [6.45, 7) is -0.232. The first-order chi connectivity index (χ1) is 13.5. The summed E-state index contributed by atoms with van der Waals surface area (Å²) in [7, 11) is -4.16. The Bertz CT molecular complexity index is 1040. The summed E-state index contributed by atoms with van der Waals surface area (Å²) in [6, 6.07) is 7.51. The van der Waals surface area contributed by atoms with Gasteiger partial charge in [-0.15, -0.1) is 0 Å². The average Bonchev–Trinajstić information content (AvgIpc) is 2.67. The molecule has 29 heavy (non-hydrogen) atoms. The lowest BCUT2D eigenvalue weighted by Gasteiger charge is -2.34. The molecule has 156 valence electrons. The van der Waals surface area contributed by atoms with Crippen LogP contribution in [0.4, 0.5) is 17.6 Å². The molecule has 3 rings (SSSR count). The molecule has 2 aromatic rings. The zero-order chi connectivity index (χ0) is 21.4. The van der Waals surface area contributed by atoms with E-state index in [1.165, 1.54) is 17.0 Å². The van der Waals surface area contributed by atoms with Crippen LogP contribution < -0.4 is 0 Å². The predicted octanol–water partition coefficient (Wildman–Crippen LogP) is 3.75. The molecule has 1 aliphatic heterocycles. The van der Waals surface area contributed by atoms with Gasteiger partial charge in [0, 0.05) is 30.7 Å². The maximum atomic E-state index is 14.0. The summed E-state index contributed by atoms with van der Waals surface area (Å²) in [5, 5.41) is 0. The number of benzene rings is 2. The number of alkyl halides is 3. The van der Waals surface area contributed by atoms with Gasteiger partial charge in [0.2, 0.25) is 10.0 Å². The second kappa shape index (κ2) is 8.04. The largest absolute Gasteiger partial charge is 0.416 e. The van der Waals surface area contributed by atoms with E-state index >= 15 is 0 Å².